The van der Waals surface area contributed by atoms with E-state index in [0.29, 0.717) is 17.8 Å². The maximum absolute atomic E-state index is 13.7. The van der Waals surface area contributed by atoms with Gasteiger partial charge in [0.1, 0.15) is 11.6 Å². The second kappa shape index (κ2) is 7.15. The van der Waals surface area contributed by atoms with Crippen LogP contribution in [0.1, 0.15) is 30.2 Å². The van der Waals surface area contributed by atoms with Gasteiger partial charge in [-0.2, -0.15) is 0 Å². The minimum Gasteiger partial charge on any atom is -0.387 e. The van der Waals surface area contributed by atoms with Crippen molar-refractivity contribution in [1.82, 2.24) is 9.88 Å². The topological polar surface area (TPSA) is 36.4 Å². The maximum Gasteiger partial charge on any atom is 0.130 e. The van der Waals surface area contributed by atoms with E-state index in [2.05, 4.69) is 9.88 Å². The first-order chi connectivity index (χ1) is 11.1. The zero-order chi connectivity index (χ0) is 16.2. The van der Waals surface area contributed by atoms with Crippen LogP contribution in [0.5, 0.6) is 0 Å². The molecule has 2 aromatic rings. The van der Waals surface area contributed by atoms with Crippen LogP contribution in [0.15, 0.2) is 42.6 Å². The van der Waals surface area contributed by atoms with Gasteiger partial charge in [0.05, 0.1) is 11.8 Å². The Morgan fingerprint density at radius 2 is 1.96 bits per heavy atom. The molecule has 5 heteroatoms. The smallest absolute Gasteiger partial charge is 0.130 e. The van der Waals surface area contributed by atoms with Crippen LogP contribution in [0.4, 0.5) is 8.78 Å². The van der Waals surface area contributed by atoms with E-state index in [4.69, 9.17) is 0 Å². The molecule has 1 aliphatic heterocycles. The second-order valence-electron chi connectivity index (χ2n) is 6.05. The van der Waals surface area contributed by atoms with Crippen LogP contribution < -0.4 is 0 Å². The first kappa shape index (κ1) is 16.0. The zero-order valence-electron chi connectivity index (χ0n) is 12.8. The third-order valence-corrected chi connectivity index (χ3v) is 4.48. The van der Waals surface area contributed by atoms with Gasteiger partial charge in [-0.15, -0.1) is 0 Å². The van der Waals surface area contributed by atoms with Gasteiger partial charge in [0.2, 0.25) is 0 Å². The van der Waals surface area contributed by atoms with E-state index in [1.54, 1.807) is 6.20 Å². The van der Waals surface area contributed by atoms with Crippen molar-refractivity contribution in [2.24, 2.45) is 5.92 Å². The fraction of sp³-hybridized carbons (Fsp3) is 0.389. The van der Waals surface area contributed by atoms with Crippen molar-refractivity contribution in [3.8, 4) is 0 Å². The summed E-state index contributed by atoms with van der Waals surface area (Å²) in [4.78, 5) is 6.35. The Hall–Kier alpha value is -1.85. The molecule has 0 radical (unpaired) electrons. The van der Waals surface area contributed by atoms with E-state index in [1.807, 2.05) is 18.2 Å². The second-order valence-corrected chi connectivity index (χ2v) is 6.05. The van der Waals surface area contributed by atoms with Gasteiger partial charge < -0.3 is 5.11 Å². The third kappa shape index (κ3) is 3.92. The van der Waals surface area contributed by atoms with Crippen LogP contribution in [-0.4, -0.2) is 28.1 Å². The van der Waals surface area contributed by atoms with E-state index in [9.17, 15) is 13.9 Å². The van der Waals surface area contributed by atoms with Crippen LogP contribution in [0.3, 0.4) is 0 Å². The molecule has 2 heterocycles. The van der Waals surface area contributed by atoms with Crippen LogP contribution in [-0.2, 0) is 6.54 Å². The van der Waals surface area contributed by atoms with E-state index in [1.165, 1.54) is 12.1 Å². The Labute approximate surface area is 134 Å². The number of rotatable bonds is 4. The molecule has 3 rings (SSSR count). The molecule has 23 heavy (non-hydrogen) atoms. The zero-order valence-corrected chi connectivity index (χ0v) is 12.8. The largest absolute Gasteiger partial charge is 0.387 e. The van der Waals surface area contributed by atoms with Crippen molar-refractivity contribution in [2.75, 3.05) is 13.1 Å². The maximum atomic E-state index is 13.7. The van der Waals surface area contributed by atoms with E-state index in [0.717, 1.165) is 32.0 Å². The number of hydrogen-bond acceptors (Lipinski definition) is 3. The molecular formula is C18H20F2N2O. The third-order valence-electron chi connectivity index (χ3n) is 4.48. The molecule has 1 aromatic carbocycles. The number of halogens is 2. The standard InChI is InChI=1S/C18H20F2N2O/c19-15-5-4-14(16(20)11-15)12-22-9-6-13(7-10-22)18(23)17-3-1-2-8-21-17/h1-5,8,11,13,18,23H,6-7,9-10,12H2. The molecule has 0 aliphatic carbocycles. The summed E-state index contributed by atoms with van der Waals surface area (Å²) in [6.45, 7) is 2.04. The summed E-state index contributed by atoms with van der Waals surface area (Å²) in [7, 11) is 0. The molecule has 0 bridgehead atoms. The van der Waals surface area contributed by atoms with Gasteiger partial charge in [0.15, 0.2) is 0 Å². The summed E-state index contributed by atoms with van der Waals surface area (Å²) in [5.74, 6) is -0.886. The first-order valence-corrected chi connectivity index (χ1v) is 7.89. The minimum absolute atomic E-state index is 0.166. The van der Waals surface area contributed by atoms with Crippen molar-refractivity contribution in [3.05, 3.63) is 65.5 Å². The van der Waals surface area contributed by atoms with Gasteiger partial charge in [-0.1, -0.05) is 12.1 Å². The summed E-state index contributed by atoms with van der Waals surface area (Å²) in [5, 5.41) is 10.4. The molecule has 0 spiro atoms. The first-order valence-electron chi connectivity index (χ1n) is 7.89. The number of pyridine rings is 1. The fourth-order valence-electron chi connectivity index (χ4n) is 3.11. The molecule has 0 amide bonds. The molecule has 0 saturated carbocycles. The summed E-state index contributed by atoms with van der Waals surface area (Å²) in [6, 6.07) is 9.25. The molecule has 1 aromatic heterocycles. The molecule has 1 atom stereocenters. The van der Waals surface area contributed by atoms with Crippen molar-refractivity contribution >= 4 is 0 Å². The molecule has 1 fully saturated rings. The fourth-order valence-corrected chi connectivity index (χ4v) is 3.11. The Morgan fingerprint density at radius 3 is 2.61 bits per heavy atom. The SMILES string of the molecule is OC(c1ccccn1)C1CCN(Cc2ccc(F)cc2F)CC1. The summed E-state index contributed by atoms with van der Waals surface area (Å²) < 4.78 is 26.7. The van der Waals surface area contributed by atoms with E-state index >= 15 is 0 Å². The van der Waals surface area contributed by atoms with Crippen LogP contribution >= 0.6 is 0 Å². The molecule has 1 aliphatic rings. The average molecular weight is 318 g/mol. The normalized spacial score (nSPS) is 18.0. The summed E-state index contributed by atoms with van der Waals surface area (Å²) in [5.41, 5.74) is 1.21. The number of likely N-dealkylation sites (tertiary alicyclic amines) is 1. The average Bonchev–Trinajstić information content (AvgIpc) is 2.58. The van der Waals surface area contributed by atoms with E-state index < -0.39 is 17.7 Å². The number of nitrogens with zero attached hydrogens (tertiary/aromatic N) is 2. The minimum atomic E-state index is -0.555. The van der Waals surface area contributed by atoms with E-state index in [-0.39, 0.29) is 5.92 Å². The Morgan fingerprint density at radius 1 is 1.17 bits per heavy atom. The monoisotopic (exact) mass is 318 g/mol. The highest BCUT2D eigenvalue weighted by Crippen LogP contribution is 2.30. The lowest BCUT2D eigenvalue weighted by molar-refractivity contribution is 0.0537. The van der Waals surface area contributed by atoms with Crippen LogP contribution in [0.2, 0.25) is 0 Å². The van der Waals surface area contributed by atoms with Crippen molar-refractivity contribution in [2.45, 2.75) is 25.5 Å². The molecule has 1 unspecified atom stereocenters. The Balaban J connectivity index is 1.56. The van der Waals surface area contributed by atoms with Crippen LogP contribution in [0.25, 0.3) is 0 Å². The molecule has 1 N–H and O–H groups in total. The number of benzene rings is 1. The highest BCUT2D eigenvalue weighted by molar-refractivity contribution is 5.18. The van der Waals surface area contributed by atoms with Crippen molar-refractivity contribution in [1.29, 1.82) is 0 Å². The number of hydrogen-bond donors (Lipinski definition) is 1. The number of aromatic nitrogens is 1. The predicted octanol–water partition coefficient (Wildman–Crippen LogP) is 3.31. The van der Waals surface area contributed by atoms with Gasteiger partial charge >= 0.3 is 0 Å². The van der Waals surface area contributed by atoms with Gasteiger partial charge in [0, 0.05) is 24.4 Å². The lowest BCUT2D eigenvalue weighted by Crippen LogP contribution is -2.35. The lowest BCUT2D eigenvalue weighted by Gasteiger charge is -2.34. The molecular weight excluding hydrogens is 298 g/mol. The van der Waals surface area contributed by atoms with Gasteiger partial charge in [-0.05, 0) is 50.0 Å². The quantitative estimate of drug-likeness (QED) is 0.939. The van der Waals surface area contributed by atoms with Crippen LogP contribution in [0, 0.1) is 17.6 Å². The van der Waals surface area contributed by atoms with Crippen molar-refractivity contribution in [3.63, 3.8) is 0 Å². The number of aliphatic hydroxyl groups excluding tert-OH is 1. The lowest BCUT2D eigenvalue weighted by atomic mass is 9.89. The molecule has 122 valence electrons. The summed E-state index contributed by atoms with van der Waals surface area (Å²) >= 11 is 0. The molecule has 1 saturated heterocycles. The van der Waals surface area contributed by atoms with Gasteiger partial charge in [0.25, 0.3) is 0 Å². The summed E-state index contributed by atoms with van der Waals surface area (Å²) in [6.07, 6.45) is 2.80. The Kier molecular flexibility index (Phi) is 4.98. The van der Waals surface area contributed by atoms with Crippen molar-refractivity contribution < 1.29 is 13.9 Å². The van der Waals surface area contributed by atoms with Gasteiger partial charge in [-0.3, -0.25) is 9.88 Å². The van der Waals surface area contributed by atoms with Gasteiger partial charge in [-0.25, -0.2) is 8.78 Å². The number of piperidine rings is 1. The Bertz CT molecular complexity index is 643. The highest BCUT2D eigenvalue weighted by Gasteiger charge is 2.27. The number of aliphatic hydroxyl groups is 1. The highest BCUT2D eigenvalue weighted by atomic mass is 19.1. The predicted molar refractivity (Wildman–Crippen MR) is 83.6 cm³/mol. The molecule has 3 nitrogen and oxygen atoms in total.